The Labute approximate surface area is 172 Å². The molecule has 0 aliphatic carbocycles. The van der Waals surface area contributed by atoms with Gasteiger partial charge in [-0.1, -0.05) is 17.9 Å². The number of ether oxygens (including phenoxy) is 1. The molecule has 0 atom stereocenters. The van der Waals surface area contributed by atoms with Crippen LogP contribution in [0.2, 0.25) is 0 Å². The van der Waals surface area contributed by atoms with Gasteiger partial charge in [-0.2, -0.15) is 0 Å². The summed E-state index contributed by atoms with van der Waals surface area (Å²) in [6.07, 6.45) is 7.71. The van der Waals surface area contributed by atoms with Crippen molar-refractivity contribution in [3.8, 4) is 11.8 Å². The number of nitrogens with zero attached hydrogens (tertiary/aromatic N) is 6. The monoisotopic (exact) mass is 392 g/mol. The maximum atomic E-state index is 5.96. The third-order valence-electron chi connectivity index (χ3n) is 5.44. The van der Waals surface area contributed by atoms with Crippen LogP contribution in [0.5, 0.6) is 0 Å². The molecule has 2 aromatic rings. The number of piperazine rings is 1. The summed E-state index contributed by atoms with van der Waals surface area (Å²) < 4.78 is 5.96. The molecule has 2 aliphatic rings. The fourth-order valence-electron chi connectivity index (χ4n) is 3.73. The number of hydrogen-bond acceptors (Lipinski definition) is 7. The van der Waals surface area contributed by atoms with Gasteiger partial charge in [0.25, 0.3) is 0 Å². The lowest BCUT2D eigenvalue weighted by Crippen LogP contribution is -2.46. The van der Waals surface area contributed by atoms with Gasteiger partial charge in [0.1, 0.15) is 12.4 Å². The molecule has 7 nitrogen and oxygen atoms in total. The van der Waals surface area contributed by atoms with E-state index in [1.165, 1.54) is 0 Å². The summed E-state index contributed by atoms with van der Waals surface area (Å²) in [6, 6.07) is 7.92. The molecule has 0 spiro atoms. The molecule has 0 N–H and O–H groups in total. The van der Waals surface area contributed by atoms with Gasteiger partial charge in [-0.05, 0) is 31.0 Å². The number of hydrogen-bond donors (Lipinski definition) is 0. The molecule has 4 rings (SSSR count). The number of anilines is 2. The molecular formula is C22H28N6O. The summed E-state index contributed by atoms with van der Waals surface area (Å²) >= 11 is 0. The third-order valence-corrected chi connectivity index (χ3v) is 5.44. The maximum absolute atomic E-state index is 5.96. The van der Waals surface area contributed by atoms with Crippen LogP contribution >= 0.6 is 0 Å². The molecule has 0 aromatic carbocycles. The Hall–Kier alpha value is -2.69. The van der Waals surface area contributed by atoms with Gasteiger partial charge in [0, 0.05) is 57.9 Å². The number of pyridine rings is 1. The first-order valence-corrected chi connectivity index (χ1v) is 10.4. The summed E-state index contributed by atoms with van der Waals surface area (Å²) in [5, 5.41) is 0. The molecular weight excluding hydrogens is 364 g/mol. The SMILES string of the molecule is C(#CCN1CCN(c2ccccn2)CC1)COC1CCN(c2ncccn2)CC1. The second kappa shape index (κ2) is 10.2. The van der Waals surface area contributed by atoms with Crippen LogP contribution in [0.25, 0.3) is 0 Å². The van der Waals surface area contributed by atoms with E-state index in [2.05, 4.69) is 47.6 Å². The molecule has 0 saturated carbocycles. The van der Waals surface area contributed by atoms with Crippen molar-refractivity contribution in [2.45, 2.75) is 18.9 Å². The smallest absolute Gasteiger partial charge is 0.225 e. The standard InChI is InChI=1S/C22H28N6O/c1-2-9-23-21(6-1)27-17-15-26(16-18-27)12-3-4-19-29-20-7-13-28(14-8-20)22-24-10-5-11-25-22/h1-2,5-6,9-11,20H,7-8,12-19H2. The zero-order chi connectivity index (χ0) is 19.7. The predicted octanol–water partition coefficient (Wildman–Crippen LogP) is 1.68. The Morgan fingerprint density at radius 3 is 2.31 bits per heavy atom. The van der Waals surface area contributed by atoms with Gasteiger partial charge in [0.05, 0.1) is 12.6 Å². The van der Waals surface area contributed by atoms with Crippen molar-refractivity contribution in [1.29, 1.82) is 0 Å². The molecule has 152 valence electrons. The average molecular weight is 393 g/mol. The van der Waals surface area contributed by atoms with Gasteiger partial charge in [0.2, 0.25) is 5.95 Å². The molecule has 2 fully saturated rings. The number of aromatic nitrogens is 3. The minimum Gasteiger partial charge on any atom is -0.365 e. The van der Waals surface area contributed by atoms with Crippen molar-refractivity contribution in [3.63, 3.8) is 0 Å². The highest BCUT2D eigenvalue weighted by molar-refractivity contribution is 5.38. The van der Waals surface area contributed by atoms with Crippen LogP contribution in [0.3, 0.4) is 0 Å². The predicted molar refractivity (Wildman–Crippen MR) is 114 cm³/mol. The Morgan fingerprint density at radius 1 is 0.828 bits per heavy atom. The van der Waals surface area contributed by atoms with Crippen LogP contribution in [0.15, 0.2) is 42.9 Å². The van der Waals surface area contributed by atoms with Crippen LogP contribution in [-0.4, -0.2) is 78.4 Å². The lowest BCUT2D eigenvalue weighted by Gasteiger charge is -2.34. The van der Waals surface area contributed by atoms with Gasteiger partial charge in [-0.15, -0.1) is 0 Å². The van der Waals surface area contributed by atoms with Crippen LogP contribution in [0.1, 0.15) is 12.8 Å². The Balaban J connectivity index is 1.11. The quantitative estimate of drug-likeness (QED) is 0.718. The van der Waals surface area contributed by atoms with E-state index >= 15 is 0 Å². The molecule has 0 unspecified atom stereocenters. The van der Waals surface area contributed by atoms with Crippen molar-refractivity contribution in [3.05, 3.63) is 42.9 Å². The van der Waals surface area contributed by atoms with Gasteiger partial charge >= 0.3 is 0 Å². The van der Waals surface area contributed by atoms with Crippen LogP contribution in [0, 0.1) is 11.8 Å². The van der Waals surface area contributed by atoms with Gasteiger partial charge in [0.15, 0.2) is 0 Å². The molecule has 0 bridgehead atoms. The summed E-state index contributed by atoms with van der Waals surface area (Å²) in [4.78, 5) is 20.0. The van der Waals surface area contributed by atoms with Crippen LogP contribution < -0.4 is 9.80 Å². The van der Waals surface area contributed by atoms with E-state index < -0.39 is 0 Å². The van der Waals surface area contributed by atoms with E-state index in [1.807, 2.05) is 24.4 Å². The minimum atomic E-state index is 0.283. The lowest BCUT2D eigenvalue weighted by molar-refractivity contribution is 0.0592. The third kappa shape index (κ3) is 5.66. The fraction of sp³-hybridized carbons (Fsp3) is 0.500. The van der Waals surface area contributed by atoms with Crippen LogP contribution in [-0.2, 0) is 4.74 Å². The first kappa shape index (κ1) is 19.6. The van der Waals surface area contributed by atoms with E-state index in [1.54, 1.807) is 12.4 Å². The Kier molecular flexibility index (Phi) is 6.89. The van der Waals surface area contributed by atoms with E-state index in [0.717, 1.165) is 70.4 Å². The van der Waals surface area contributed by atoms with Crippen molar-refractivity contribution in [2.24, 2.45) is 0 Å². The van der Waals surface area contributed by atoms with E-state index in [4.69, 9.17) is 4.74 Å². The average Bonchev–Trinajstić information content (AvgIpc) is 2.81. The summed E-state index contributed by atoms with van der Waals surface area (Å²) in [5.41, 5.74) is 0. The highest BCUT2D eigenvalue weighted by atomic mass is 16.5. The van der Waals surface area contributed by atoms with Crippen molar-refractivity contribution >= 4 is 11.8 Å². The second-order valence-corrected chi connectivity index (χ2v) is 7.35. The Morgan fingerprint density at radius 2 is 1.59 bits per heavy atom. The van der Waals surface area contributed by atoms with E-state index in [0.29, 0.717) is 6.61 Å². The lowest BCUT2D eigenvalue weighted by atomic mass is 10.1. The maximum Gasteiger partial charge on any atom is 0.225 e. The zero-order valence-electron chi connectivity index (χ0n) is 16.8. The number of piperidine rings is 1. The normalized spacial score (nSPS) is 18.3. The molecule has 7 heteroatoms. The molecule has 29 heavy (non-hydrogen) atoms. The minimum absolute atomic E-state index is 0.283. The van der Waals surface area contributed by atoms with E-state index in [-0.39, 0.29) is 6.10 Å². The molecule has 2 saturated heterocycles. The highest BCUT2D eigenvalue weighted by Crippen LogP contribution is 2.17. The largest absolute Gasteiger partial charge is 0.365 e. The summed E-state index contributed by atoms with van der Waals surface area (Å²) in [6.45, 7) is 7.23. The topological polar surface area (TPSA) is 57.6 Å². The molecule has 2 aliphatic heterocycles. The summed E-state index contributed by atoms with van der Waals surface area (Å²) in [7, 11) is 0. The molecule has 0 amide bonds. The van der Waals surface area contributed by atoms with Crippen molar-refractivity contribution < 1.29 is 4.74 Å². The fourth-order valence-corrected chi connectivity index (χ4v) is 3.73. The van der Waals surface area contributed by atoms with Crippen molar-refractivity contribution in [1.82, 2.24) is 19.9 Å². The van der Waals surface area contributed by atoms with Gasteiger partial charge in [-0.3, -0.25) is 4.90 Å². The van der Waals surface area contributed by atoms with Gasteiger partial charge in [-0.25, -0.2) is 15.0 Å². The van der Waals surface area contributed by atoms with E-state index in [9.17, 15) is 0 Å². The number of rotatable bonds is 5. The zero-order valence-corrected chi connectivity index (χ0v) is 16.8. The first-order valence-electron chi connectivity index (χ1n) is 10.4. The molecule has 4 heterocycles. The van der Waals surface area contributed by atoms with Crippen LogP contribution in [0.4, 0.5) is 11.8 Å². The summed E-state index contributed by atoms with van der Waals surface area (Å²) in [5.74, 6) is 8.34. The van der Waals surface area contributed by atoms with Gasteiger partial charge < -0.3 is 14.5 Å². The molecule has 2 aromatic heterocycles. The first-order chi connectivity index (χ1) is 14.4. The molecule has 0 radical (unpaired) electrons. The highest BCUT2D eigenvalue weighted by Gasteiger charge is 2.21. The van der Waals surface area contributed by atoms with Crippen molar-refractivity contribution in [2.75, 3.05) is 62.2 Å². The second-order valence-electron chi connectivity index (χ2n) is 7.35. The Bertz CT molecular complexity index is 790.